The van der Waals surface area contributed by atoms with Gasteiger partial charge in [-0.1, -0.05) is 18.2 Å². The average Bonchev–Trinajstić information content (AvgIpc) is 2.89. The lowest BCUT2D eigenvalue weighted by Gasteiger charge is -2.11. The van der Waals surface area contributed by atoms with Gasteiger partial charge >= 0.3 is 0 Å². The largest absolute Gasteiger partial charge is 0.496 e. The van der Waals surface area contributed by atoms with E-state index in [2.05, 4.69) is 0 Å². The summed E-state index contributed by atoms with van der Waals surface area (Å²) < 4.78 is 5.18. The molecule has 0 aliphatic carbocycles. The molecule has 3 rings (SSSR count). The molecule has 0 N–H and O–H groups in total. The summed E-state index contributed by atoms with van der Waals surface area (Å²) in [6.45, 7) is 0. The van der Waals surface area contributed by atoms with E-state index in [1.165, 1.54) is 31.4 Å². The summed E-state index contributed by atoms with van der Waals surface area (Å²) in [5.74, 6) is -0.105. The fraction of sp³-hybridized carbons (Fsp3) is 0.0588. The lowest BCUT2D eigenvalue weighted by molar-refractivity contribution is -0.384. The third kappa shape index (κ3) is 3.24. The predicted molar refractivity (Wildman–Crippen MR) is 94.5 cm³/mol. The Hall–Kier alpha value is -3.13. The normalized spacial score (nSPS) is 15.7. The van der Waals surface area contributed by atoms with Crippen molar-refractivity contribution in [3.8, 4) is 5.75 Å². The van der Waals surface area contributed by atoms with Crippen LogP contribution in [0.5, 0.6) is 5.75 Å². The van der Waals surface area contributed by atoms with E-state index in [0.29, 0.717) is 17.0 Å². The van der Waals surface area contributed by atoms with Crippen molar-refractivity contribution in [1.82, 2.24) is 0 Å². The Balaban J connectivity index is 2.00. The molecule has 25 heavy (non-hydrogen) atoms. The van der Waals surface area contributed by atoms with Gasteiger partial charge in [-0.2, -0.15) is 0 Å². The number of nitrogens with zero attached hydrogens (tertiary/aromatic N) is 2. The summed E-state index contributed by atoms with van der Waals surface area (Å²) in [5.41, 5.74) is 0.698. The number of carbonyl (C=O) groups excluding carboxylic acids is 2. The number of hydrogen-bond acceptors (Lipinski definition) is 6. The first-order valence-corrected chi connectivity index (χ1v) is 7.98. The number of ether oxygens (including phenoxy) is 1. The molecule has 0 radical (unpaired) electrons. The van der Waals surface area contributed by atoms with Crippen molar-refractivity contribution in [1.29, 1.82) is 0 Å². The summed E-state index contributed by atoms with van der Waals surface area (Å²) in [4.78, 5) is 36.4. The molecule has 126 valence electrons. The number of methoxy groups -OCH3 is 1. The fourth-order valence-electron chi connectivity index (χ4n) is 2.36. The highest BCUT2D eigenvalue weighted by molar-refractivity contribution is 8.19. The first-order valence-electron chi connectivity index (χ1n) is 7.16. The van der Waals surface area contributed by atoms with Gasteiger partial charge in [-0.3, -0.25) is 19.7 Å². The number of anilines is 1. The minimum atomic E-state index is -0.535. The number of nitro benzene ring substituents is 1. The van der Waals surface area contributed by atoms with Gasteiger partial charge in [0, 0.05) is 17.7 Å². The van der Waals surface area contributed by atoms with Gasteiger partial charge in [0.25, 0.3) is 16.8 Å². The molecule has 0 atom stereocenters. The number of rotatable bonds is 4. The number of hydrogen-bond donors (Lipinski definition) is 0. The maximum Gasteiger partial charge on any atom is 0.298 e. The topological polar surface area (TPSA) is 89.8 Å². The second kappa shape index (κ2) is 6.78. The Labute approximate surface area is 147 Å². The van der Waals surface area contributed by atoms with Crippen LogP contribution in [0.25, 0.3) is 6.08 Å². The van der Waals surface area contributed by atoms with E-state index < -0.39 is 16.1 Å². The van der Waals surface area contributed by atoms with Gasteiger partial charge in [0.1, 0.15) is 5.75 Å². The van der Waals surface area contributed by atoms with Gasteiger partial charge in [-0.15, -0.1) is 0 Å². The number of non-ortho nitro benzene ring substituents is 1. The smallest absolute Gasteiger partial charge is 0.298 e. The quantitative estimate of drug-likeness (QED) is 0.470. The van der Waals surface area contributed by atoms with Crippen LogP contribution in [0.4, 0.5) is 16.2 Å². The zero-order valence-corrected chi connectivity index (χ0v) is 13.9. The summed E-state index contributed by atoms with van der Waals surface area (Å²) in [6.07, 6.45) is 1.43. The molecule has 0 bridgehead atoms. The molecule has 1 saturated heterocycles. The van der Waals surface area contributed by atoms with Crippen LogP contribution in [0.1, 0.15) is 5.56 Å². The molecule has 2 aromatic rings. The second-order valence-corrected chi connectivity index (χ2v) is 6.03. The Morgan fingerprint density at radius 2 is 1.88 bits per heavy atom. The molecule has 1 aliphatic rings. The van der Waals surface area contributed by atoms with Crippen LogP contribution < -0.4 is 9.64 Å². The fourth-order valence-corrected chi connectivity index (χ4v) is 3.19. The molecule has 1 aliphatic heterocycles. The van der Waals surface area contributed by atoms with E-state index >= 15 is 0 Å². The van der Waals surface area contributed by atoms with Crippen molar-refractivity contribution in [2.75, 3.05) is 12.0 Å². The summed E-state index contributed by atoms with van der Waals surface area (Å²) >= 11 is 0.778. The van der Waals surface area contributed by atoms with Crippen molar-refractivity contribution in [2.24, 2.45) is 0 Å². The summed E-state index contributed by atoms with van der Waals surface area (Å²) in [7, 11) is 1.42. The minimum Gasteiger partial charge on any atom is -0.496 e. The van der Waals surface area contributed by atoms with Gasteiger partial charge in [-0.05, 0) is 36.0 Å². The third-order valence-corrected chi connectivity index (χ3v) is 4.39. The zero-order chi connectivity index (χ0) is 18.0. The number of benzene rings is 2. The molecule has 1 heterocycles. The number of thioether (sulfide) groups is 1. The molecular weight excluding hydrogens is 344 g/mol. The van der Waals surface area contributed by atoms with E-state index in [4.69, 9.17) is 4.74 Å². The van der Waals surface area contributed by atoms with Crippen LogP contribution in [0.3, 0.4) is 0 Å². The molecule has 2 aromatic carbocycles. The maximum atomic E-state index is 12.6. The van der Waals surface area contributed by atoms with Crippen molar-refractivity contribution in [3.63, 3.8) is 0 Å². The minimum absolute atomic E-state index is 0.130. The zero-order valence-electron chi connectivity index (χ0n) is 13.0. The summed E-state index contributed by atoms with van der Waals surface area (Å²) in [6, 6.07) is 12.6. The highest BCUT2D eigenvalue weighted by Crippen LogP contribution is 2.37. The third-order valence-electron chi connectivity index (χ3n) is 3.52. The SMILES string of the molecule is COc1ccc([N+](=O)[O-])cc1/C=C1/SC(=O)N(c2ccccc2)C1=O. The number of nitro groups is 1. The Bertz CT molecular complexity index is 895. The molecule has 8 heteroatoms. The number of carbonyl (C=O) groups is 2. The second-order valence-electron chi connectivity index (χ2n) is 5.04. The lowest BCUT2D eigenvalue weighted by atomic mass is 10.1. The molecule has 2 amide bonds. The van der Waals surface area contributed by atoms with E-state index in [1.54, 1.807) is 30.3 Å². The first kappa shape index (κ1) is 16.7. The van der Waals surface area contributed by atoms with E-state index in [9.17, 15) is 19.7 Å². The van der Waals surface area contributed by atoms with Crippen molar-refractivity contribution in [3.05, 3.63) is 69.1 Å². The highest BCUT2D eigenvalue weighted by atomic mass is 32.2. The molecular formula is C17H12N2O5S. The van der Waals surface area contributed by atoms with Crippen LogP contribution in [-0.2, 0) is 4.79 Å². The van der Waals surface area contributed by atoms with Crippen LogP contribution in [0.2, 0.25) is 0 Å². The number of amides is 2. The van der Waals surface area contributed by atoms with Crippen molar-refractivity contribution < 1.29 is 19.2 Å². The molecule has 0 unspecified atom stereocenters. The maximum absolute atomic E-state index is 12.6. The standard InChI is InChI=1S/C17H12N2O5S/c1-24-14-8-7-13(19(22)23)9-11(14)10-15-16(20)18(17(21)25-15)12-5-3-2-4-6-12/h2-10H,1H3/b15-10+. The monoisotopic (exact) mass is 356 g/mol. The number of imide groups is 1. The molecule has 0 saturated carbocycles. The van der Waals surface area contributed by atoms with Gasteiger partial charge in [0.2, 0.25) is 0 Å². The molecule has 1 fully saturated rings. The van der Waals surface area contributed by atoms with Crippen LogP contribution in [-0.4, -0.2) is 23.2 Å². The van der Waals surface area contributed by atoms with Gasteiger partial charge < -0.3 is 4.74 Å². The van der Waals surface area contributed by atoms with E-state index in [1.807, 2.05) is 0 Å². The van der Waals surface area contributed by atoms with E-state index in [-0.39, 0.29) is 10.6 Å². The van der Waals surface area contributed by atoms with Crippen LogP contribution in [0.15, 0.2) is 53.4 Å². The van der Waals surface area contributed by atoms with Crippen molar-refractivity contribution >= 4 is 40.4 Å². The Morgan fingerprint density at radius 3 is 2.52 bits per heavy atom. The lowest BCUT2D eigenvalue weighted by Crippen LogP contribution is -2.27. The molecule has 0 spiro atoms. The van der Waals surface area contributed by atoms with Crippen LogP contribution >= 0.6 is 11.8 Å². The number of para-hydroxylation sites is 1. The highest BCUT2D eigenvalue weighted by Gasteiger charge is 2.36. The predicted octanol–water partition coefficient (Wildman–Crippen LogP) is 3.84. The molecule has 7 nitrogen and oxygen atoms in total. The van der Waals surface area contributed by atoms with Crippen LogP contribution in [0, 0.1) is 10.1 Å². The Morgan fingerprint density at radius 1 is 1.16 bits per heavy atom. The van der Waals surface area contributed by atoms with Crippen molar-refractivity contribution in [2.45, 2.75) is 0 Å². The Kier molecular flexibility index (Phi) is 4.53. The average molecular weight is 356 g/mol. The van der Waals surface area contributed by atoms with Gasteiger partial charge in [-0.25, -0.2) is 4.90 Å². The summed E-state index contributed by atoms with van der Waals surface area (Å²) in [5, 5.41) is 10.5. The molecule has 0 aromatic heterocycles. The van der Waals surface area contributed by atoms with Gasteiger partial charge in [0.15, 0.2) is 0 Å². The van der Waals surface area contributed by atoms with E-state index in [0.717, 1.165) is 16.7 Å². The first-order chi connectivity index (χ1) is 12.0. The van der Waals surface area contributed by atoms with Gasteiger partial charge in [0.05, 0.1) is 22.6 Å².